The Hall–Kier alpha value is -2.77. The maximum absolute atomic E-state index is 13.4. The summed E-state index contributed by atoms with van der Waals surface area (Å²) in [4.78, 5) is 17.5. The largest absolute Gasteiger partial charge is 0.378 e. The summed E-state index contributed by atoms with van der Waals surface area (Å²) < 4.78 is 13.4. The van der Waals surface area contributed by atoms with Crippen LogP contribution >= 0.6 is 0 Å². The minimum atomic E-state index is -0.688. The van der Waals surface area contributed by atoms with E-state index in [4.69, 9.17) is 5.73 Å². The Morgan fingerprint density at radius 2 is 2.16 bits per heavy atom. The van der Waals surface area contributed by atoms with E-state index < -0.39 is 16.4 Å². The molecule has 0 saturated carbocycles. The Balaban J connectivity index is 2.47. The fourth-order valence-corrected chi connectivity index (χ4v) is 1.53. The van der Waals surface area contributed by atoms with Crippen LogP contribution in [-0.4, -0.2) is 14.9 Å². The number of aromatic nitrogens is 2. The molecule has 0 saturated heterocycles. The van der Waals surface area contributed by atoms with Crippen LogP contribution < -0.4 is 11.1 Å². The Morgan fingerprint density at radius 1 is 1.42 bits per heavy atom. The van der Waals surface area contributed by atoms with Crippen LogP contribution in [0.2, 0.25) is 0 Å². The third-order valence-electron chi connectivity index (χ3n) is 2.55. The quantitative estimate of drug-likeness (QED) is 0.649. The molecule has 1 aromatic carbocycles. The number of benzene rings is 1. The van der Waals surface area contributed by atoms with Gasteiger partial charge in [0.05, 0.1) is 4.92 Å². The summed E-state index contributed by atoms with van der Waals surface area (Å²) >= 11 is 0. The Labute approximate surface area is 107 Å². The number of rotatable bonds is 3. The van der Waals surface area contributed by atoms with E-state index in [-0.39, 0.29) is 11.6 Å². The highest BCUT2D eigenvalue weighted by Crippen LogP contribution is 2.30. The lowest BCUT2D eigenvalue weighted by Gasteiger charge is -2.09. The number of halogens is 1. The van der Waals surface area contributed by atoms with Crippen molar-refractivity contribution < 1.29 is 9.31 Å². The summed E-state index contributed by atoms with van der Waals surface area (Å²) in [7, 11) is 0. The Bertz CT molecular complexity index is 647. The van der Waals surface area contributed by atoms with Gasteiger partial charge in [0.1, 0.15) is 12.1 Å². The summed E-state index contributed by atoms with van der Waals surface area (Å²) in [6.45, 7) is 1.55. The second-order valence-electron chi connectivity index (χ2n) is 3.75. The van der Waals surface area contributed by atoms with Crippen molar-refractivity contribution in [2.45, 2.75) is 6.92 Å². The van der Waals surface area contributed by atoms with Crippen molar-refractivity contribution >= 4 is 23.0 Å². The smallest absolute Gasteiger partial charge is 0.353 e. The molecule has 0 aliphatic carbocycles. The Kier molecular flexibility index (Phi) is 3.23. The molecule has 0 fully saturated rings. The zero-order valence-corrected chi connectivity index (χ0v) is 9.92. The molecule has 0 aliphatic heterocycles. The molecular formula is C11H10FN5O2. The molecule has 1 heterocycles. The number of nitrogens with two attached hydrogens (primary N) is 1. The van der Waals surface area contributed by atoms with Gasteiger partial charge in [-0.05, 0) is 19.1 Å². The molecule has 2 rings (SSSR count). The number of nitrogen functional groups attached to an aromatic ring is 1. The van der Waals surface area contributed by atoms with Crippen LogP contribution in [0.5, 0.6) is 0 Å². The molecule has 8 heteroatoms. The van der Waals surface area contributed by atoms with Crippen molar-refractivity contribution in [1.29, 1.82) is 0 Å². The van der Waals surface area contributed by atoms with E-state index in [1.807, 2.05) is 0 Å². The van der Waals surface area contributed by atoms with Crippen LogP contribution in [0.15, 0.2) is 24.5 Å². The molecule has 0 atom stereocenters. The van der Waals surface area contributed by atoms with Crippen LogP contribution in [0.3, 0.4) is 0 Å². The highest BCUT2D eigenvalue weighted by Gasteiger charge is 2.21. The maximum atomic E-state index is 13.4. The number of nitrogens with one attached hydrogen (secondary N) is 1. The lowest BCUT2D eigenvalue weighted by molar-refractivity contribution is -0.383. The highest BCUT2D eigenvalue weighted by atomic mass is 19.1. The van der Waals surface area contributed by atoms with Crippen LogP contribution in [-0.2, 0) is 0 Å². The number of anilines is 3. The van der Waals surface area contributed by atoms with Gasteiger partial charge < -0.3 is 11.1 Å². The van der Waals surface area contributed by atoms with E-state index in [2.05, 4.69) is 15.3 Å². The molecule has 0 unspecified atom stereocenters. The van der Waals surface area contributed by atoms with E-state index in [0.29, 0.717) is 11.3 Å². The van der Waals surface area contributed by atoms with E-state index in [1.54, 1.807) is 13.0 Å². The summed E-state index contributed by atoms with van der Waals surface area (Å²) in [6, 6.07) is 4.37. The molecule has 1 aromatic heterocycles. The molecule has 0 aliphatic rings. The SMILES string of the molecule is Cc1c(F)cccc1Nc1ncnc(N)c1[N+](=O)[O-]. The van der Waals surface area contributed by atoms with Crippen molar-refractivity contribution in [2.75, 3.05) is 11.1 Å². The number of hydrogen-bond donors (Lipinski definition) is 2. The molecule has 98 valence electrons. The molecule has 0 amide bonds. The first-order valence-electron chi connectivity index (χ1n) is 5.27. The molecule has 0 radical (unpaired) electrons. The third-order valence-corrected chi connectivity index (χ3v) is 2.55. The van der Waals surface area contributed by atoms with Gasteiger partial charge in [-0.1, -0.05) is 6.07 Å². The molecule has 2 aromatic rings. The number of nitrogens with zero attached hydrogens (tertiary/aromatic N) is 3. The van der Waals surface area contributed by atoms with Gasteiger partial charge in [-0.15, -0.1) is 0 Å². The summed E-state index contributed by atoms with van der Waals surface area (Å²) in [6.07, 6.45) is 1.10. The van der Waals surface area contributed by atoms with Crippen molar-refractivity contribution in [3.63, 3.8) is 0 Å². The molecule has 7 nitrogen and oxygen atoms in total. The monoisotopic (exact) mass is 263 g/mol. The van der Waals surface area contributed by atoms with E-state index in [9.17, 15) is 14.5 Å². The average molecular weight is 263 g/mol. The van der Waals surface area contributed by atoms with E-state index >= 15 is 0 Å². The molecule has 19 heavy (non-hydrogen) atoms. The summed E-state index contributed by atoms with van der Waals surface area (Å²) in [5, 5.41) is 13.6. The Morgan fingerprint density at radius 3 is 2.84 bits per heavy atom. The lowest BCUT2D eigenvalue weighted by Crippen LogP contribution is -2.05. The second-order valence-corrected chi connectivity index (χ2v) is 3.75. The fraction of sp³-hybridized carbons (Fsp3) is 0.0909. The van der Waals surface area contributed by atoms with Gasteiger partial charge in [-0.2, -0.15) is 0 Å². The van der Waals surface area contributed by atoms with Gasteiger partial charge in [0.2, 0.25) is 11.6 Å². The van der Waals surface area contributed by atoms with E-state index in [1.165, 1.54) is 12.1 Å². The molecule has 0 bridgehead atoms. The predicted octanol–water partition coefficient (Wildman–Crippen LogP) is 2.16. The second kappa shape index (κ2) is 4.84. The summed E-state index contributed by atoms with van der Waals surface area (Å²) in [5.41, 5.74) is 5.70. The van der Waals surface area contributed by atoms with Crippen molar-refractivity contribution in [1.82, 2.24) is 9.97 Å². The van der Waals surface area contributed by atoms with Gasteiger partial charge in [0, 0.05) is 11.3 Å². The van der Waals surface area contributed by atoms with Gasteiger partial charge in [0.25, 0.3) is 0 Å². The summed E-state index contributed by atoms with van der Waals surface area (Å²) in [5.74, 6) is -0.752. The van der Waals surface area contributed by atoms with Gasteiger partial charge in [-0.3, -0.25) is 10.1 Å². The predicted molar refractivity (Wildman–Crippen MR) is 67.5 cm³/mol. The first-order chi connectivity index (χ1) is 9.00. The zero-order valence-electron chi connectivity index (χ0n) is 9.92. The maximum Gasteiger partial charge on any atom is 0.353 e. The van der Waals surface area contributed by atoms with Crippen molar-refractivity contribution in [2.24, 2.45) is 0 Å². The zero-order chi connectivity index (χ0) is 14.0. The third kappa shape index (κ3) is 2.41. The standard InChI is InChI=1S/C11H10FN5O2/c1-6-7(12)3-2-4-8(6)16-11-9(17(18)19)10(13)14-5-15-11/h2-5H,1H3,(H3,13,14,15,16). The van der Waals surface area contributed by atoms with Crippen LogP contribution in [0, 0.1) is 22.9 Å². The minimum absolute atomic E-state index is 0.0776. The average Bonchev–Trinajstić information content (AvgIpc) is 2.34. The normalized spacial score (nSPS) is 10.2. The van der Waals surface area contributed by atoms with Gasteiger partial charge in [0.15, 0.2) is 0 Å². The van der Waals surface area contributed by atoms with Crippen LogP contribution in [0.25, 0.3) is 0 Å². The molecule has 3 N–H and O–H groups in total. The minimum Gasteiger partial charge on any atom is -0.378 e. The van der Waals surface area contributed by atoms with E-state index in [0.717, 1.165) is 6.33 Å². The molecule has 0 spiro atoms. The fourth-order valence-electron chi connectivity index (χ4n) is 1.53. The first kappa shape index (κ1) is 12.7. The van der Waals surface area contributed by atoms with Gasteiger partial charge in [-0.25, -0.2) is 14.4 Å². The highest BCUT2D eigenvalue weighted by molar-refractivity contribution is 5.73. The van der Waals surface area contributed by atoms with Crippen LogP contribution in [0.1, 0.15) is 5.56 Å². The lowest BCUT2D eigenvalue weighted by atomic mass is 10.2. The first-order valence-corrected chi connectivity index (χ1v) is 5.27. The number of hydrogen-bond acceptors (Lipinski definition) is 6. The topological polar surface area (TPSA) is 107 Å². The van der Waals surface area contributed by atoms with Crippen molar-refractivity contribution in [3.05, 3.63) is 46.0 Å². The number of nitro groups is 1. The van der Waals surface area contributed by atoms with Crippen molar-refractivity contribution in [3.8, 4) is 0 Å². The molecular weight excluding hydrogens is 253 g/mol. The van der Waals surface area contributed by atoms with Crippen LogP contribution in [0.4, 0.5) is 27.4 Å². The van der Waals surface area contributed by atoms with Gasteiger partial charge >= 0.3 is 5.69 Å².